The van der Waals surface area contributed by atoms with Crippen LogP contribution in [-0.4, -0.2) is 13.0 Å². The van der Waals surface area contributed by atoms with Crippen LogP contribution in [0.15, 0.2) is 23.1 Å². The van der Waals surface area contributed by atoms with E-state index in [4.69, 9.17) is 0 Å². The van der Waals surface area contributed by atoms with Gasteiger partial charge in [0.05, 0.1) is 16.0 Å². The SMILES string of the molecule is O=S(=O)([O-])c1cc(C(F)(F)F)cc(C(F)(F)F)c1. The monoisotopic (exact) mass is 293 g/mol. The Hall–Kier alpha value is -1.29. The van der Waals surface area contributed by atoms with Crippen LogP contribution in [0.5, 0.6) is 0 Å². The smallest absolute Gasteiger partial charge is 0.416 e. The fourth-order valence-corrected chi connectivity index (χ4v) is 1.61. The van der Waals surface area contributed by atoms with Crippen LogP contribution in [0, 0.1) is 0 Å². The molecule has 10 heteroatoms. The second-order valence-corrected chi connectivity index (χ2v) is 4.58. The van der Waals surface area contributed by atoms with Crippen molar-refractivity contribution in [2.24, 2.45) is 0 Å². The van der Waals surface area contributed by atoms with Gasteiger partial charge in [-0.05, 0) is 18.2 Å². The number of halogens is 6. The van der Waals surface area contributed by atoms with Crippen LogP contribution in [0.4, 0.5) is 26.3 Å². The summed E-state index contributed by atoms with van der Waals surface area (Å²) in [4.78, 5) is -1.58. The largest absolute Gasteiger partial charge is 0.744 e. The van der Waals surface area contributed by atoms with E-state index in [0.29, 0.717) is 0 Å². The maximum absolute atomic E-state index is 12.3. The number of hydrogen-bond donors (Lipinski definition) is 0. The lowest BCUT2D eigenvalue weighted by atomic mass is 10.1. The second-order valence-electron chi connectivity index (χ2n) is 3.20. The molecule has 3 nitrogen and oxygen atoms in total. The minimum absolute atomic E-state index is 0.141. The van der Waals surface area contributed by atoms with Gasteiger partial charge >= 0.3 is 12.4 Å². The van der Waals surface area contributed by atoms with E-state index in [9.17, 15) is 39.3 Å². The predicted octanol–water partition coefficient (Wildman–Crippen LogP) is 2.63. The van der Waals surface area contributed by atoms with E-state index >= 15 is 0 Å². The molecule has 0 saturated carbocycles. The third kappa shape index (κ3) is 3.35. The van der Waals surface area contributed by atoms with Crippen LogP contribution in [0.1, 0.15) is 11.1 Å². The average molecular weight is 293 g/mol. The average Bonchev–Trinajstić information content (AvgIpc) is 2.13. The molecule has 0 spiro atoms. The highest BCUT2D eigenvalue weighted by Gasteiger charge is 2.37. The first-order chi connectivity index (χ1) is 7.82. The molecule has 0 N–H and O–H groups in total. The molecule has 0 bridgehead atoms. The van der Waals surface area contributed by atoms with E-state index in [1.807, 2.05) is 0 Å². The van der Waals surface area contributed by atoms with Crippen molar-refractivity contribution in [2.45, 2.75) is 17.2 Å². The summed E-state index contributed by atoms with van der Waals surface area (Å²) in [5, 5.41) is 0. The van der Waals surface area contributed by atoms with Gasteiger partial charge in [0.15, 0.2) is 0 Å². The van der Waals surface area contributed by atoms with Crippen molar-refractivity contribution in [3.63, 3.8) is 0 Å². The van der Waals surface area contributed by atoms with Crippen LogP contribution < -0.4 is 0 Å². The highest BCUT2D eigenvalue weighted by molar-refractivity contribution is 7.85. The molecule has 18 heavy (non-hydrogen) atoms. The molecular weight excluding hydrogens is 290 g/mol. The first-order valence-electron chi connectivity index (χ1n) is 4.07. The molecule has 0 atom stereocenters. The van der Waals surface area contributed by atoms with Gasteiger partial charge in [-0.25, -0.2) is 8.42 Å². The summed E-state index contributed by atoms with van der Waals surface area (Å²) in [5.41, 5.74) is -3.71. The van der Waals surface area contributed by atoms with Gasteiger partial charge in [0.1, 0.15) is 10.1 Å². The molecule has 1 aromatic carbocycles. The summed E-state index contributed by atoms with van der Waals surface area (Å²) in [5.74, 6) is 0. The maximum atomic E-state index is 12.3. The molecule has 0 amide bonds. The minimum atomic E-state index is -5.42. The summed E-state index contributed by atoms with van der Waals surface area (Å²) >= 11 is 0. The molecule has 0 unspecified atom stereocenters. The van der Waals surface area contributed by atoms with Gasteiger partial charge in [0.25, 0.3) is 0 Å². The van der Waals surface area contributed by atoms with Gasteiger partial charge in [0.2, 0.25) is 0 Å². The highest BCUT2D eigenvalue weighted by Crippen LogP contribution is 2.37. The molecule has 0 radical (unpaired) electrons. The quantitative estimate of drug-likeness (QED) is 0.591. The van der Waals surface area contributed by atoms with Crippen molar-refractivity contribution in [3.8, 4) is 0 Å². The van der Waals surface area contributed by atoms with Crippen LogP contribution in [-0.2, 0) is 22.5 Å². The lowest BCUT2D eigenvalue weighted by Gasteiger charge is -2.15. The Labute approximate surface area is 96.8 Å². The number of alkyl halides is 6. The Morgan fingerprint density at radius 3 is 1.39 bits per heavy atom. The van der Waals surface area contributed by atoms with Crippen molar-refractivity contribution >= 4 is 10.1 Å². The summed E-state index contributed by atoms with van der Waals surface area (Å²) in [7, 11) is -5.42. The predicted molar refractivity (Wildman–Crippen MR) is 44.4 cm³/mol. The topological polar surface area (TPSA) is 57.2 Å². The first-order valence-corrected chi connectivity index (χ1v) is 5.48. The summed E-state index contributed by atoms with van der Waals surface area (Å²) in [6, 6.07) is -0.552. The zero-order valence-corrected chi connectivity index (χ0v) is 8.95. The summed E-state index contributed by atoms with van der Waals surface area (Å²) < 4.78 is 105. The van der Waals surface area contributed by atoms with Crippen LogP contribution in [0.3, 0.4) is 0 Å². The van der Waals surface area contributed by atoms with E-state index < -0.39 is 38.5 Å². The highest BCUT2D eigenvalue weighted by atomic mass is 32.2. The fraction of sp³-hybridized carbons (Fsp3) is 0.250. The lowest BCUT2D eigenvalue weighted by Crippen LogP contribution is -2.13. The van der Waals surface area contributed by atoms with Gasteiger partial charge in [-0.3, -0.25) is 0 Å². The third-order valence-corrected chi connectivity index (χ3v) is 2.66. The van der Waals surface area contributed by atoms with Crippen molar-refractivity contribution in [1.29, 1.82) is 0 Å². The molecule has 1 rings (SSSR count). The molecular formula is C8H3F6O3S-. The standard InChI is InChI=1S/C8H4F6O3S/c9-7(10,11)4-1-5(8(12,13)14)3-6(2-4)18(15,16)17/h1-3H,(H,15,16,17)/p-1. The van der Waals surface area contributed by atoms with Gasteiger partial charge in [-0.1, -0.05) is 0 Å². The second kappa shape index (κ2) is 4.12. The molecule has 0 saturated heterocycles. The summed E-state index contributed by atoms with van der Waals surface area (Å²) in [6.45, 7) is 0. The van der Waals surface area contributed by atoms with Crippen LogP contribution in [0.2, 0.25) is 0 Å². The Morgan fingerprint density at radius 1 is 0.833 bits per heavy atom. The van der Waals surface area contributed by atoms with Gasteiger partial charge in [0, 0.05) is 0 Å². The maximum Gasteiger partial charge on any atom is 0.416 e. The molecule has 0 heterocycles. The first kappa shape index (κ1) is 14.8. The number of hydrogen-bond acceptors (Lipinski definition) is 3. The van der Waals surface area contributed by atoms with Gasteiger partial charge < -0.3 is 4.55 Å². The van der Waals surface area contributed by atoms with E-state index in [0.717, 1.165) is 0 Å². The lowest BCUT2D eigenvalue weighted by molar-refractivity contribution is -0.143. The van der Waals surface area contributed by atoms with Crippen molar-refractivity contribution in [3.05, 3.63) is 29.3 Å². The molecule has 0 aliphatic carbocycles. The molecule has 102 valence electrons. The van der Waals surface area contributed by atoms with Crippen LogP contribution >= 0.6 is 0 Å². The molecule has 1 aromatic rings. The number of benzene rings is 1. The Balaban J connectivity index is 3.60. The third-order valence-electron chi connectivity index (χ3n) is 1.85. The van der Waals surface area contributed by atoms with Gasteiger partial charge in [-0.15, -0.1) is 0 Å². The van der Waals surface area contributed by atoms with E-state index in [1.165, 1.54) is 0 Å². The fourth-order valence-electron chi connectivity index (χ4n) is 1.07. The van der Waals surface area contributed by atoms with Crippen LogP contribution in [0.25, 0.3) is 0 Å². The zero-order chi connectivity index (χ0) is 14.4. The molecule has 0 fully saturated rings. The summed E-state index contributed by atoms with van der Waals surface area (Å²) in [6.07, 6.45) is -10.4. The molecule has 0 aromatic heterocycles. The normalized spacial score (nSPS) is 13.7. The zero-order valence-electron chi connectivity index (χ0n) is 8.13. The number of rotatable bonds is 1. The van der Waals surface area contributed by atoms with E-state index in [2.05, 4.69) is 0 Å². The van der Waals surface area contributed by atoms with Gasteiger partial charge in [-0.2, -0.15) is 26.3 Å². The Kier molecular flexibility index (Phi) is 3.38. The van der Waals surface area contributed by atoms with E-state index in [-0.39, 0.29) is 18.2 Å². The minimum Gasteiger partial charge on any atom is -0.744 e. The molecule has 0 aliphatic rings. The van der Waals surface area contributed by atoms with Crippen molar-refractivity contribution < 1.29 is 39.3 Å². The van der Waals surface area contributed by atoms with E-state index in [1.54, 1.807) is 0 Å². The Morgan fingerprint density at radius 2 is 1.17 bits per heavy atom. The van der Waals surface area contributed by atoms with Crippen molar-refractivity contribution in [2.75, 3.05) is 0 Å². The Bertz CT molecular complexity index is 525. The van der Waals surface area contributed by atoms with Crippen molar-refractivity contribution in [1.82, 2.24) is 0 Å². The molecule has 0 aliphatic heterocycles.